The Bertz CT molecular complexity index is 373. The van der Waals surface area contributed by atoms with Crippen LogP contribution in [0.5, 0.6) is 6.01 Å². The lowest BCUT2D eigenvalue weighted by Crippen LogP contribution is -2.21. The van der Waals surface area contributed by atoms with E-state index in [0.717, 1.165) is 0 Å². The molecule has 8 nitrogen and oxygen atoms in total. The molecule has 1 unspecified atom stereocenters. The molecule has 0 radical (unpaired) electrons. The van der Waals surface area contributed by atoms with Crippen molar-refractivity contribution < 1.29 is 9.84 Å². The number of nitrogens with zero attached hydrogens (tertiary/aromatic N) is 3. The third kappa shape index (κ3) is 4.68. The molecular formula is C10H20N6O2. The van der Waals surface area contributed by atoms with Gasteiger partial charge in [0.15, 0.2) is 0 Å². The quantitative estimate of drug-likeness (QED) is 0.401. The van der Waals surface area contributed by atoms with Crippen LogP contribution in [-0.2, 0) is 0 Å². The molecule has 102 valence electrons. The van der Waals surface area contributed by atoms with Gasteiger partial charge in [0.2, 0.25) is 11.9 Å². The molecule has 0 amide bonds. The van der Waals surface area contributed by atoms with E-state index in [1.807, 2.05) is 20.8 Å². The standard InChI is InChI=1S/C10H20N6O2/c1-4-7(17)5-12-8-13-9(16-11)15-10(14-8)18-6(2)3/h6-7,17H,4-5,11H2,1-3H3,(H2,12,13,14,15,16). The number of nitrogens with one attached hydrogen (secondary N) is 2. The van der Waals surface area contributed by atoms with Crippen molar-refractivity contribution in [3.63, 3.8) is 0 Å². The first kappa shape index (κ1) is 14.4. The number of hydrogen-bond donors (Lipinski definition) is 4. The van der Waals surface area contributed by atoms with Crippen LogP contribution >= 0.6 is 0 Å². The summed E-state index contributed by atoms with van der Waals surface area (Å²) in [6.07, 6.45) is 0.146. The van der Waals surface area contributed by atoms with Crippen LogP contribution in [0.3, 0.4) is 0 Å². The lowest BCUT2D eigenvalue weighted by atomic mass is 10.3. The molecule has 1 rings (SSSR count). The highest BCUT2D eigenvalue weighted by atomic mass is 16.5. The maximum atomic E-state index is 9.46. The van der Waals surface area contributed by atoms with Crippen LogP contribution in [0.15, 0.2) is 0 Å². The van der Waals surface area contributed by atoms with E-state index < -0.39 is 6.10 Å². The summed E-state index contributed by atoms with van der Waals surface area (Å²) in [5.41, 5.74) is 2.34. The van der Waals surface area contributed by atoms with Gasteiger partial charge in [-0.2, -0.15) is 15.0 Å². The van der Waals surface area contributed by atoms with Crippen molar-refractivity contribution in [2.75, 3.05) is 17.3 Å². The van der Waals surface area contributed by atoms with Crippen LogP contribution in [0.25, 0.3) is 0 Å². The van der Waals surface area contributed by atoms with E-state index in [0.29, 0.717) is 18.9 Å². The fourth-order valence-electron chi connectivity index (χ4n) is 1.12. The zero-order valence-corrected chi connectivity index (χ0v) is 10.8. The van der Waals surface area contributed by atoms with Gasteiger partial charge in [-0.3, -0.25) is 5.43 Å². The number of aromatic nitrogens is 3. The molecule has 1 heterocycles. The molecule has 18 heavy (non-hydrogen) atoms. The van der Waals surface area contributed by atoms with Crippen molar-refractivity contribution in [2.45, 2.75) is 39.4 Å². The van der Waals surface area contributed by atoms with Gasteiger partial charge < -0.3 is 15.2 Å². The SMILES string of the molecule is CCC(O)CNc1nc(NN)nc(OC(C)C)n1. The third-order valence-corrected chi connectivity index (χ3v) is 2.05. The fraction of sp³-hybridized carbons (Fsp3) is 0.700. The second kappa shape index (κ2) is 6.92. The summed E-state index contributed by atoms with van der Waals surface area (Å²) in [4.78, 5) is 12.0. The number of nitrogen functional groups attached to an aromatic ring is 1. The predicted octanol–water partition coefficient (Wildman–Crippen LogP) is 0.127. The van der Waals surface area contributed by atoms with Gasteiger partial charge in [-0.1, -0.05) is 6.92 Å². The first-order chi connectivity index (χ1) is 8.55. The van der Waals surface area contributed by atoms with E-state index in [9.17, 15) is 5.11 Å². The number of ether oxygens (including phenoxy) is 1. The van der Waals surface area contributed by atoms with Crippen molar-refractivity contribution >= 4 is 11.9 Å². The molecule has 0 spiro atoms. The van der Waals surface area contributed by atoms with Gasteiger partial charge in [-0.15, -0.1) is 0 Å². The van der Waals surface area contributed by atoms with E-state index in [2.05, 4.69) is 25.7 Å². The van der Waals surface area contributed by atoms with Crippen molar-refractivity contribution in [1.82, 2.24) is 15.0 Å². The molecule has 1 aromatic rings. The van der Waals surface area contributed by atoms with E-state index in [1.54, 1.807) is 0 Å². The van der Waals surface area contributed by atoms with E-state index in [4.69, 9.17) is 10.6 Å². The van der Waals surface area contributed by atoms with Crippen molar-refractivity contribution in [3.8, 4) is 6.01 Å². The summed E-state index contributed by atoms with van der Waals surface area (Å²) in [7, 11) is 0. The average Bonchev–Trinajstić information content (AvgIpc) is 2.34. The van der Waals surface area contributed by atoms with E-state index >= 15 is 0 Å². The van der Waals surface area contributed by atoms with Crippen LogP contribution in [0.1, 0.15) is 27.2 Å². The van der Waals surface area contributed by atoms with Gasteiger partial charge in [-0.05, 0) is 20.3 Å². The maximum absolute atomic E-state index is 9.46. The first-order valence-electron chi connectivity index (χ1n) is 5.86. The predicted molar refractivity (Wildman–Crippen MR) is 68.2 cm³/mol. The topological polar surface area (TPSA) is 118 Å². The highest BCUT2D eigenvalue weighted by Crippen LogP contribution is 2.11. The lowest BCUT2D eigenvalue weighted by Gasteiger charge is -2.12. The van der Waals surface area contributed by atoms with Crippen LogP contribution in [0, 0.1) is 0 Å². The third-order valence-electron chi connectivity index (χ3n) is 2.05. The number of hydrogen-bond acceptors (Lipinski definition) is 8. The Kier molecular flexibility index (Phi) is 5.53. The zero-order chi connectivity index (χ0) is 13.5. The molecule has 8 heteroatoms. The Morgan fingerprint density at radius 3 is 2.50 bits per heavy atom. The molecular weight excluding hydrogens is 236 g/mol. The zero-order valence-electron chi connectivity index (χ0n) is 10.8. The summed E-state index contributed by atoms with van der Waals surface area (Å²) in [6, 6.07) is 0.182. The highest BCUT2D eigenvalue weighted by molar-refractivity contribution is 5.34. The highest BCUT2D eigenvalue weighted by Gasteiger charge is 2.09. The fourth-order valence-corrected chi connectivity index (χ4v) is 1.12. The Balaban J connectivity index is 2.76. The van der Waals surface area contributed by atoms with E-state index in [-0.39, 0.29) is 18.1 Å². The van der Waals surface area contributed by atoms with Crippen LogP contribution in [0.4, 0.5) is 11.9 Å². The van der Waals surface area contributed by atoms with Gasteiger partial charge in [0.25, 0.3) is 0 Å². The molecule has 0 aliphatic carbocycles. The molecule has 0 saturated heterocycles. The number of aliphatic hydroxyl groups is 1. The van der Waals surface area contributed by atoms with Gasteiger partial charge in [0.1, 0.15) is 0 Å². The largest absolute Gasteiger partial charge is 0.461 e. The molecule has 0 saturated carbocycles. The molecule has 1 aromatic heterocycles. The van der Waals surface area contributed by atoms with Crippen molar-refractivity contribution in [2.24, 2.45) is 5.84 Å². The number of aliphatic hydroxyl groups excluding tert-OH is 1. The van der Waals surface area contributed by atoms with Crippen molar-refractivity contribution in [1.29, 1.82) is 0 Å². The molecule has 0 aliphatic heterocycles. The van der Waals surface area contributed by atoms with Gasteiger partial charge in [0.05, 0.1) is 12.2 Å². The minimum absolute atomic E-state index is 0.0490. The Hall–Kier alpha value is -1.67. The second-order valence-corrected chi connectivity index (χ2v) is 4.02. The Labute approximate surface area is 106 Å². The first-order valence-corrected chi connectivity index (χ1v) is 5.86. The summed E-state index contributed by atoms with van der Waals surface area (Å²) in [6.45, 7) is 5.98. The van der Waals surface area contributed by atoms with Gasteiger partial charge >= 0.3 is 6.01 Å². The molecule has 1 atom stereocenters. The van der Waals surface area contributed by atoms with Crippen LogP contribution < -0.4 is 21.3 Å². The Morgan fingerprint density at radius 2 is 1.94 bits per heavy atom. The monoisotopic (exact) mass is 256 g/mol. The molecule has 0 bridgehead atoms. The van der Waals surface area contributed by atoms with Gasteiger partial charge in [-0.25, -0.2) is 5.84 Å². The minimum Gasteiger partial charge on any atom is -0.461 e. The summed E-state index contributed by atoms with van der Waals surface area (Å²) < 4.78 is 5.37. The Morgan fingerprint density at radius 1 is 1.28 bits per heavy atom. The summed E-state index contributed by atoms with van der Waals surface area (Å²) in [5, 5.41) is 12.4. The van der Waals surface area contributed by atoms with E-state index in [1.165, 1.54) is 0 Å². The van der Waals surface area contributed by atoms with Crippen LogP contribution in [-0.4, -0.2) is 38.8 Å². The van der Waals surface area contributed by atoms with Crippen LogP contribution in [0.2, 0.25) is 0 Å². The minimum atomic E-state index is -0.453. The number of nitrogens with two attached hydrogens (primary N) is 1. The molecule has 5 N–H and O–H groups in total. The second-order valence-electron chi connectivity index (χ2n) is 4.02. The maximum Gasteiger partial charge on any atom is 0.323 e. The number of hydrazine groups is 1. The average molecular weight is 256 g/mol. The lowest BCUT2D eigenvalue weighted by molar-refractivity contribution is 0.183. The number of anilines is 2. The summed E-state index contributed by atoms with van der Waals surface area (Å²) in [5.74, 6) is 5.77. The summed E-state index contributed by atoms with van der Waals surface area (Å²) >= 11 is 0. The smallest absolute Gasteiger partial charge is 0.323 e. The normalized spacial score (nSPS) is 12.3. The van der Waals surface area contributed by atoms with Gasteiger partial charge in [0, 0.05) is 6.54 Å². The number of rotatable bonds is 7. The molecule has 0 aliphatic rings. The molecule has 0 aromatic carbocycles. The molecule has 0 fully saturated rings. The van der Waals surface area contributed by atoms with Crippen molar-refractivity contribution in [3.05, 3.63) is 0 Å².